The van der Waals surface area contributed by atoms with Crippen molar-refractivity contribution in [1.82, 2.24) is 0 Å². The summed E-state index contributed by atoms with van der Waals surface area (Å²) in [5, 5.41) is 13.3. The highest BCUT2D eigenvalue weighted by atomic mass is 79.9. The van der Waals surface area contributed by atoms with Crippen LogP contribution in [0, 0.1) is 11.3 Å². The molecule has 94 valence electrons. The van der Waals surface area contributed by atoms with Crippen molar-refractivity contribution in [2.75, 3.05) is 5.73 Å². The maximum Gasteiger partial charge on any atom is 0.129 e. The van der Waals surface area contributed by atoms with Crippen LogP contribution in [0.1, 0.15) is 4.88 Å². The zero-order chi connectivity index (χ0) is 13.4. The predicted octanol–water partition coefficient (Wildman–Crippen LogP) is 5.42. The first-order chi connectivity index (χ1) is 9.20. The van der Waals surface area contributed by atoms with E-state index in [9.17, 15) is 5.26 Å². The summed E-state index contributed by atoms with van der Waals surface area (Å²) in [5.41, 5.74) is 8.82. The van der Waals surface area contributed by atoms with Crippen LogP contribution in [0.2, 0.25) is 0 Å². The lowest BCUT2D eigenvalue weighted by Gasteiger charge is -2.00. The summed E-state index contributed by atoms with van der Waals surface area (Å²) in [7, 11) is 0. The van der Waals surface area contributed by atoms with Crippen LogP contribution in [0.5, 0.6) is 0 Å². The first-order valence-electron chi connectivity index (χ1n) is 5.31. The molecule has 0 fully saturated rings. The lowest BCUT2D eigenvalue weighted by Crippen LogP contribution is -1.87. The van der Waals surface area contributed by atoms with E-state index >= 15 is 0 Å². The van der Waals surface area contributed by atoms with Gasteiger partial charge in [0, 0.05) is 26.3 Å². The Kier molecular flexibility index (Phi) is 3.46. The lowest BCUT2D eigenvalue weighted by atomic mass is 10.1. The van der Waals surface area contributed by atoms with Crippen molar-refractivity contribution >= 4 is 55.6 Å². The lowest BCUT2D eigenvalue weighted by molar-refractivity contribution is 1.52. The third kappa shape index (κ3) is 2.23. The van der Waals surface area contributed by atoms with Crippen molar-refractivity contribution in [3.63, 3.8) is 0 Å². The van der Waals surface area contributed by atoms with Gasteiger partial charge < -0.3 is 5.73 Å². The number of thiophene rings is 3. The second-order valence-corrected chi connectivity index (χ2v) is 8.04. The number of hydrogen-bond acceptors (Lipinski definition) is 5. The SMILES string of the molecule is N#Cc1sc(-c2csc(Br)c2)c(-c2cccs2)c1N. The van der Waals surface area contributed by atoms with Crippen LogP contribution in [0.25, 0.3) is 20.9 Å². The molecule has 3 heterocycles. The van der Waals surface area contributed by atoms with E-state index in [0.29, 0.717) is 10.6 Å². The van der Waals surface area contributed by atoms with Gasteiger partial charge >= 0.3 is 0 Å². The van der Waals surface area contributed by atoms with Crippen molar-refractivity contribution < 1.29 is 0 Å². The number of nitrogens with two attached hydrogens (primary N) is 1. The molecular weight excluding hydrogens is 360 g/mol. The molecule has 0 aliphatic rings. The Morgan fingerprint density at radius 1 is 1.32 bits per heavy atom. The summed E-state index contributed by atoms with van der Waals surface area (Å²) in [4.78, 5) is 2.76. The largest absolute Gasteiger partial charge is 0.396 e. The summed E-state index contributed by atoms with van der Waals surface area (Å²) in [6.45, 7) is 0. The van der Waals surface area contributed by atoms with Crippen LogP contribution in [-0.2, 0) is 0 Å². The summed E-state index contributed by atoms with van der Waals surface area (Å²) >= 11 is 8.20. The van der Waals surface area contributed by atoms with Crippen LogP contribution in [0.4, 0.5) is 5.69 Å². The summed E-state index contributed by atoms with van der Waals surface area (Å²) in [6, 6.07) is 8.28. The van der Waals surface area contributed by atoms with Gasteiger partial charge in [-0.05, 0) is 33.4 Å². The zero-order valence-electron chi connectivity index (χ0n) is 9.51. The van der Waals surface area contributed by atoms with Gasteiger partial charge in [0.1, 0.15) is 10.9 Å². The van der Waals surface area contributed by atoms with Crippen molar-refractivity contribution in [2.45, 2.75) is 0 Å². The number of nitrogen functional groups attached to an aromatic ring is 1. The minimum absolute atomic E-state index is 0.584. The van der Waals surface area contributed by atoms with Crippen LogP contribution in [0.15, 0.2) is 32.7 Å². The minimum atomic E-state index is 0.584. The molecule has 3 aromatic heterocycles. The summed E-state index contributed by atoms with van der Waals surface area (Å²) in [6.07, 6.45) is 0. The average Bonchev–Trinajstić information content (AvgIpc) is 3.08. The quantitative estimate of drug-likeness (QED) is 0.657. The third-order valence-electron chi connectivity index (χ3n) is 2.64. The Bertz CT molecular complexity index is 763. The molecule has 0 saturated carbocycles. The molecule has 0 radical (unpaired) electrons. The first kappa shape index (κ1) is 12.9. The van der Waals surface area contributed by atoms with Crippen molar-refractivity contribution in [1.29, 1.82) is 5.26 Å². The second kappa shape index (κ2) is 5.10. The van der Waals surface area contributed by atoms with Gasteiger partial charge in [0.15, 0.2) is 0 Å². The number of nitrogens with zero attached hydrogens (tertiary/aromatic N) is 1. The molecule has 2 nitrogen and oxygen atoms in total. The summed E-state index contributed by atoms with van der Waals surface area (Å²) < 4.78 is 1.07. The molecule has 3 aromatic rings. The molecule has 0 atom stereocenters. The number of nitriles is 1. The Morgan fingerprint density at radius 2 is 2.16 bits per heavy atom. The summed E-state index contributed by atoms with van der Waals surface area (Å²) in [5.74, 6) is 0. The molecule has 0 saturated heterocycles. The monoisotopic (exact) mass is 366 g/mol. The van der Waals surface area contributed by atoms with Gasteiger partial charge in [-0.3, -0.25) is 0 Å². The Hall–Kier alpha value is -1.13. The first-order valence-corrected chi connectivity index (χ1v) is 8.68. The third-order valence-corrected chi connectivity index (χ3v) is 6.20. The normalized spacial score (nSPS) is 10.5. The molecule has 0 spiro atoms. The highest BCUT2D eigenvalue weighted by Gasteiger charge is 2.20. The van der Waals surface area contributed by atoms with Crippen molar-refractivity contribution in [2.24, 2.45) is 0 Å². The minimum Gasteiger partial charge on any atom is -0.396 e. The van der Waals surface area contributed by atoms with Crippen molar-refractivity contribution in [3.05, 3.63) is 37.6 Å². The van der Waals surface area contributed by atoms with E-state index < -0.39 is 0 Å². The predicted molar refractivity (Wildman–Crippen MR) is 87.8 cm³/mol. The molecule has 2 N–H and O–H groups in total. The van der Waals surface area contributed by atoms with E-state index in [-0.39, 0.29) is 0 Å². The number of hydrogen-bond donors (Lipinski definition) is 1. The van der Waals surface area contributed by atoms with Gasteiger partial charge in [0.05, 0.1) is 9.47 Å². The van der Waals surface area contributed by atoms with Crippen LogP contribution in [-0.4, -0.2) is 0 Å². The van der Waals surface area contributed by atoms with Crippen LogP contribution >= 0.6 is 49.9 Å². The maximum atomic E-state index is 9.18. The Balaban J connectivity index is 2.27. The molecule has 6 heteroatoms. The van der Waals surface area contributed by atoms with Gasteiger partial charge in [0.25, 0.3) is 0 Å². The van der Waals surface area contributed by atoms with Crippen LogP contribution in [0.3, 0.4) is 0 Å². The average molecular weight is 367 g/mol. The van der Waals surface area contributed by atoms with E-state index in [0.717, 1.165) is 24.7 Å². The van der Waals surface area contributed by atoms with E-state index in [4.69, 9.17) is 5.73 Å². The van der Waals surface area contributed by atoms with E-state index in [2.05, 4.69) is 33.4 Å². The maximum absolute atomic E-state index is 9.18. The molecule has 0 unspecified atom stereocenters. The van der Waals surface area contributed by atoms with Gasteiger partial charge in [0.2, 0.25) is 0 Å². The molecular formula is C13H7BrN2S3. The highest BCUT2D eigenvalue weighted by Crippen LogP contribution is 2.47. The number of halogens is 1. The van der Waals surface area contributed by atoms with Gasteiger partial charge in [-0.1, -0.05) is 6.07 Å². The van der Waals surface area contributed by atoms with Crippen molar-refractivity contribution in [3.8, 4) is 27.0 Å². The Labute approximate surface area is 130 Å². The fourth-order valence-electron chi connectivity index (χ4n) is 1.82. The fourth-order valence-corrected chi connectivity index (χ4v) is 4.92. The molecule has 19 heavy (non-hydrogen) atoms. The molecule has 0 amide bonds. The van der Waals surface area contributed by atoms with E-state index in [1.54, 1.807) is 22.7 Å². The van der Waals surface area contributed by atoms with Gasteiger partial charge in [-0.25, -0.2) is 0 Å². The standard InChI is InChI=1S/C13H7BrN2S3/c14-10-4-7(6-18-10)13-11(8-2-1-3-17-8)12(16)9(5-15)19-13/h1-4,6H,16H2. The highest BCUT2D eigenvalue weighted by molar-refractivity contribution is 9.11. The Morgan fingerprint density at radius 3 is 2.74 bits per heavy atom. The van der Waals surface area contributed by atoms with Crippen LogP contribution < -0.4 is 5.73 Å². The van der Waals surface area contributed by atoms with Gasteiger partial charge in [-0.2, -0.15) is 5.26 Å². The number of anilines is 1. The topological polar surface area (TPSA) is 49.8 Å². The smallest absolute Gasteiger partial charge is 0.129 e. The van der Waals surface area contributed by atoms with E-state index in [1.807, 2.05) is 17.5 Å². The molecule has 0 bridgehead atoms. The zero-order valence-corrected chi connectivity index (χ0v) is 13.5. The molecule has 0 aromatic carbocycles. The second-order valence-electron chi connectivity index (χ2n) is 3.78. The number of rotatable bonds is 2. The molecule has 0 aliphatic heterocycles. The van der Waals surface area contributed by atoms with E-state index in [1.165, 1.54) is 11.3 Å². The molecule has 3 rings (SSSR count). The fraction of sp³-hybridized carbons (Fsp3) is 0. The molecule has 0 aliphatic carbocycles. The van der Waals surface area contributed by atoms with Gasteiger partial charge in [-0.15, -0.1) is 34.0 Å².